The molecule has 0 saturated carbocycles. The van der Waals surface area contributed by atoms with E-state index in [2.05, 4.69) is 35.8 Å². The van der Waals surface area contributed by atoms with Crippen LogP contribution in [0.2, 0.25) is 0 Å². The zero-order chi connectivity index (χ0) is 16.8. The zero-order valence-corrected chi connectivity index (χ0v) is 14.6. The van der Waals surface area contributed by atoms with Crippen molar-refractivity contribution in [1.29, 1.82) is 0 Å². The molecule has 23 heavy (non-hydrogen) atoms. The number of ether oxygens (including phenoxy) is 1. The van der Waals surface area contributed by atoms with Crippen LogP contribution in [-0.4, -0.2) is 44.1 Å². The van der Waals surface area contributed by atoms with Crippen LogP contribution in [0.5, 0.6) is 5.75 Å². The molecule has 1 N–H and O–H groups in total. The minimum Gasteiger partial charge on any atom is -0.494 e. The molecule has 0 aliphatic carbocycles. The molecule has 128 valence electrons. The summed E-state index contributed by atoms with van der Waals surface area (Å²) >= 11 is 0. The number of benzene rings is 1. The standard InChI is InChI=1S/C19H31N3O/c1-4-6-11-16-22(3)19(20-5-2)21-15-10-12-17-23-18-13-8-7-9-14-18/h4,7-9,13-14H,1,5-6,10-12,15-17H2,2-3H3,(H,20,21). The molecular formula is C19H31N3O. The third-order valence-electron chi connectivity index (χ3n) is 3.42. The quantitative estimate of drug-likeness (QED) is 0.292. The molecule has 0 aromatic heterocycles. The van der Waals surface area contributed by atoms with Gasteiger partial charge < -0.3 is 15.0 Å². The summed E-state index contributed by atoms with van der Waals surface area (Å²) in [6.07, 6.45) is 6.15. The Morgan fingerprint density at radius 2 is 2.04 bits per heavy atom. The number of unbranched alkanes of at least 4 members (excludes halogenated alkanes) is 2. The van der Waals surface area contributed by atoms with Crippen molar-refractivity contribution in [2.75, 3.05) is 33.3 Å². The highest BCUT2D eigenvalue weighted by atomic mass is 16.5. The average Bonchev–Trinajstić information content (AvgIpc) is 2.58. The maximum atomic E-state index is 5.69. The van der Waals surface area contributed by atoms with Gasteiger partial charge in [-0.1, -0.05) is 24.3 Å². The summed E-state index contributed by atoms with van der Waals surface area (Å²) in [4.78, 5) is 6.87. The normalized spacial score (nSPS) is 11.1. The van der Waals surface area contributed by atoms with Crippen molar-refractivity contribution in [2.24, 2.45) is 4.99 Å². The first-order valence-electron chi connectivity index (χ1n) is 8.56. The minimum atomic E-state index is 0.741. The summed E-state index contributed by atoms with van der Waals surface area (Å²) in [5, 5.41) is 3.34. The Bertz CT molecular complexity index is 445. The van der Waals surface area contributed by atoms with Crippen LogP contribution in [0.15, 0.2) is 48.0 Å². The van der Waals surface area contributed by atoms with Crippen molar-refractivity contribution < 1.29 is 4.74 Å². The van der Waals surface area contributed by atoms with Crippen LogP contribution >= 0.6 is 0 Å². The Morgan fingerprint density at radius 1 is 1.26 bits per heavy atom. The second-order valence-electron chi connectivity index (χ2n) is 5.46. The van der Waals surface area contributed by atoms with E-state index in [1.54, 1.807) is 0 Å². The summed E-state index contributed by atoms with van der Waals surface area (Å²) in [6.45, 7) is 9.31. The fourth-order valence-electron chi connectivity index (χ4n) is 2.15. The lowest BCUT2D eigenvalue weighted by Gasteiger charge is -2.21. The predicted molar refractivity (Wildman–Crippen MR) is 99.2 cm³/mol. The number of hydrogen-bond donors (Lipinski definition) is 1. The van der Waals surface area contributed by atoms with Crippen LogP contribution in [-0.2, 0) is 0 Å². The molecule has 0 amide bonds. The lowest BCUT2D eigenvalue weighted by atomic mass is 10.3. The Labute approximate surface area is 141 Å². The number of hydrogen-bond acceptors (Lipinski definition) is 2. The van der Waals surface area contributed by atoms with E-state index in [0.29, 0.717) is 0 Å². The third-order valence-corrected chi connectivity index (χ3v) is 3.42. The molecule has 1 aromatic carbocycles. The molecule has 0 fully saturated rings. The Morgan fingerprint density at radius 3 is 2.74 bits per heavy atom. The Kier molecular flexibility index (Phi) is 10.4. The second-order valence-corrected chi connectivity index (χ2v) is 5.46. The summed E-state index contributed by atoms with van der Waals surface area (Å²) in [7, 11) is 2.09. The van der Waals surface area contributed by atoms with Crippen molar-refractivity contribution in [3.05, 3.63) is 43.0 Å². The average molecular weight is 317 g/mol. The van der Waals surface area contributed by atoms with Crippen LogP contribution < -0.4 is 10.1 Å². The number of nitrogens with one attached hydrogen (secondary N) is 1. The molecule has 0 heterocycles. The molecular weight excluding hydrogens is 286 g/mol. The molecule has 0 aliphatic rings. The van der Waals surface area contributed by atoms with Gasteiger partial charge in [0.2, 0.25) is 0 Å². The molecule has 1 aromatic rings. The summed E-state index contributed by atoms with van der Waals surface area (Å²) in [5.41, 5.74) is 0. The number of para-hydroxylation sites is 1. The van der Waals surface area contributed by atoms with Crippen LogP contribution in [0.1, 0.15) is 32.6 Å². The summed E-state index contributed by atoms with van der Waals surface area (Å²) < 4.78 is 5.69. The molecule has 0 bridgehead atoms. The number of guanidine groups is 1. The van der Waals surface area contributed by atoms with Crippen molar-refractivity contribution >= 4 is 5.96 Å². The van der Waals surface area contributed by atoms with Gasteiger partial charge in [-0.2, -0.15) is 0 Å². The van der Waals surface area contributed by atoms with Gasteiger partial charge in [0.1, 0.15) is 5.75 Å². The molecule has 1 rings (SSSR count). The molecule has 0 saturated heterocycles. The highest BCUT2D eigenvalue weighted by Crippen LogP contribution is 2.08. The van der Waals surface area contributed by atoms with Gasteiger partial charge in [0.15, 0.2) is 5.96 Å². The molecule has 4 heteroatoms. The highest BCUT2D eigenvalue weighted by molar-refractivity contribution is 5.79. The summed E-state index contributed by atoms with van der Waals surface area (Å²) in [5.74, 6) is 1.92. The van der Waals surface area contributed by atoms with Gasteiger partial charge in [-0.15, -0.1) is 6.58 Å². The van der Waals surface area contributed by atoms with E-state index in [4.69, 9.17) is 4.74 Å². The Hall–Kier alpha value is -1.97. The van der Waals surface area contributed by atoms with Crippen molar-refractivity contribution in [1.82, 2.24) is 10.2 Å². The van der Waals surface area contributed by atoms with Gasteiger partial charge in [-0.3, -0.25) is 4.99 Å². The van der Waals surface area contributed by atoms with Crippen LogP contribution in [0.4, 0.5) is 0 Å². The lowest BCUT2D eigenvalue weighted by Crippen LogP contribution is -2.39. The SMILES string of the molecule is C=CCCCN(C)C(=NCCCCOc1ccccc1)NCC. The first kappa shape index (κ1) is 19.1. The van der Waals surface area contributed by atoms with E-state index in [1.165, 1.54) is 0 Å². The highest BCUT2D eigenvalue weighted by Gasteiger charge is 2.04. The first-order chi connectivity index (χ1) is 11.3. The topological polar surface area (TPSA) is 36.9 Å². The lowest BCUT2D eigenvalue weighted by molar-refractivity contribution is 0.308. The van der Waals surface area contributed by atoms with E-state index in [0.717, 1.165) is 63.6 Å². The molecule has 4 nitrogen and oxygen atoms in total. The maximum absolute atomic E-state index is 5.69. The zero-order valence-electron chi connectivity index (χ0n) is 14.6. The van der Waals surface area contributed by atoms with E-state index >= 15 is 0 Å². The fourth-order valence-corrected chi connectivity index (χ4v) is 2.15. The van der Waals surface area contributed by atoms with Crippen LogP contribution in [0, 0.1) is 0 Å². The Balaban J connectivity index is 2.23. The number of rotatable bonds is 11. The van der Waals surface area contributed by atoms with Gasteiger partial charge in [0.05, 0.1) is 6.61 Å². The minimum absolute atomic E-state index is 0.741. The van der Waals surface area contributed by atoms with Crippen molar-refractivity contribution in [3.8, 4) is 5.75 Å². The van der Waals surface area contributed by atoms with Gasteiger partial charge in [0, 0.05) is 26.7 Å². The van der Waals surface area contributed by atoms with E-state index < -0.39 is 0 Å². The largest absolute Gasteiger partial charge is 0.494 e. The number of nitrogens with zero attached hydrogens (tertiary/aromatic N) is 2. The summed E-state index contributed by atoms with van der Waals surface area (Å²) in [6, 6.07) is 9.95. The van der Waals surface area contributed by atoms with Gasteiger partial charge >= 0.3 is 0 Å². The smallest absolute Gasteiger partial charge is 0.193 e. The predicted octanol–water partition coefficient (Wildman–Crippen LogP) is 3.71. The molecule has 0 spiro atoms. The third kappa shape index (κ3) is 8.91. The van der Waals surface area contributed by atoms with Crippen LogP contribution in [0.3, 0.4) is 0 Å². The van der Waals surface area contributed by atoms with Crippen molar-refractivity contribution in [2.45, 2.75) is 32.6 Å². The number of allylic oxidation sites excluding steroid dienone is 1. The molecule has 0 atom stereocenters. The number of aliphatic imine (C=N–C) groups is 1. The van der Waals surface area contributed by atoms with E-state index in [9.17, 15) is 0 Å². The fraction of sp³-hybridized carbons (Fsp3) is 0.526. The molecule has 0 unspecified atom stereocenters. The van der Waals surface area contributed by atoms with Crippen molar-refractivity contribution in [3.63, 3.8) is 0 Å². The second kappa shape index (κ2) is 12.6. The monoisotopic (exact) mass is 317 g/mol. The molecule has 0 radical (unpaired) electrons. The van der Waals surface area contributed by atoms with Crippen LogP contribution in [0.25, 0.3) is 0 Å². The molecule has 0 aliphatic heterocycles. The van der Waals surface area contributed by atoms with E-state index in [1.807, 2.05) is 36.4 Å². The first-order valence-corrected chi connectivity index (χ1v) is 8.56. The van der Waals surface area contributed by atoms with Gasteiger partial charge in [0.25, 0.3) is 0 Å². The van der Waals surface area contributed by atoms with E-state index in [-0.39, 0.29) is 0 Å². The van der Waals surface area contributed by atoms with Gasteiger partial charge in [-0.05, 0) is 44.7 Å². The van der Waals surface area contributed by atoms with Gasteiger partial charge in [-0.25, -0.2) is 0 Å². The maximum Gasteiger partial charge on any atom is 0.193 e.